The van der Waals surface area contributed by atoms with Crippen LogP contribution in [0.15, 0.2) is 28.0 Å². The van der Waals surface area contributed by atoms with E-state index in [-0.39, 0.29) is 12.3 Å². The lowest BCUT2D eigenvalue weighted by Crippen LogP contribution is -2.37. The number of hydrogen-bond donors (Lipinski definition) is 1. The summed E-state index contributed by atoms with van der Waals surface area (Å²) in [6, 6.07) is 4.14. The molecule has 3 heterocycles. The van der Waals surface area contributed by atoms with Crippen molar-refractivity contribution < 1.29 is 4.79 Å². The van der Waals surface area contributed by atoms with E-state index in [4.69, 9.17) is 0 Å². The zero-order valence-electron chi connectivity index (χ0n) is 17.2. The number of anilines is 1. The van der Waals surface area contributed by atoms with Crippen molar-refractivity contribution in [2.75, 3.05) is 5.32 Å². The molecule has 0 aliphatic carbocycles. The van der Waals surface area contributed by atoms with Crippen molar-refractivity contribution in [3.8, 4) is 0 Å². The molecule has 0 saturated heterocycles. The summed E-state index contributed by atoms with van der Waals surface area (Å²) in [7, 11) is 3.02. The second kappa shape index (κ2) is 7.52. The topological polar surface area (TPSA) is 104 Å². The summed E-state index contributed by atoms with van der Waals surface area (Å²) in [4.78, 5) is 45.6. The van der Waals surface area contributed by atoms with E-state index in [1.165, 1.54) is 29.3 Å². The van der Waals surface area contributed by atoms with Gasteiger partial charge in [0.25, 0.3) is 5.56 Å². The van der Waals surface area contributed by atoms with Gasteiger partial charge in [0.15, 0.2) is 16.3 Å². The Morgan fingerprint density at radius 1 is 1.17 bits per heavy atom. The number of carbonyl (C=O) groups is 1. The monoisotopic (exact) mass is 426 g/mol. The lowest BCUT2D eigenvalue weighted by molar-refractivity contribution is -0.116. The maximum atomic E-state index is 12.5. The van der Waals surface area contributed by atoms with Gasteiger partial charge in [-0.15, -0.1) is 0 Å². The molecule has 0 unspecified atom stereocenters. The Balaban J connectivity index is 1.45. The predicted octanol–water partition coefficient (Wildman–Crippen LogP) is 2.08. The van der Waals surface area contributed by atoms with Gasteiger partial charge in [0.2, 0.25) is 5.91 Å². The number of imidazole rings is 1. The van der Waals surface area contributed by atoms with E-state index >= 15 is 0 Å². The Labute approximate surface area is 175 Å². The van der Waals surface area contributed by atoms with Gasteiger partial charge in [-0.2, -0.15) is 0 Å². The predicted molar refractivity (Wildman–Crippen MR) is 117 cm³/mol. The number of amides is 1. The fourth-order valence-electron chi connectivity index (χ4n) is 3.58. The fourth-order valence-corrected chi connectivity index (χ4v) is 4.64. The van der Waals surface area contributed by atoms with Crippen LogP contribution in [0.2, 0.25) is 0 Å². The van der Waals surface area contributed by atoms with E-state index in [0.29, 0.717) is 29.3 Å². The standard InChI is InChI=1S/C20H22N6O3S/c1-11-8-12(2)15-13(9-11)30-19(23-15)22-14(27)6-5-7-26-10-21-17-16(26)18(28)25(4)20(29)24(17)3/h8-10H,5-7H2,1-4H3,(H,22,23,27). The molecule has 0 atom stereocenters. The number of carbonyl (C=O) groups excluding carboxylic acids is 1. The van der Waals surface area contributed by atoms with Gasteiger partial charge in [-0.1, -0.05) is 17.4 Å². The number of hydrogen-bond acceptors (Lipinski definition) is 6. The quantitative estimate of drug-likeness (QED) is 0.526. The Hall–Kier alpha value is -3.27. The Kier molecular flexibility index (Phi) is 5.02. The van der Waals surface area contributed by atoms with Crippen LogP contribution in [0, 0.1) is 13.8 Å². The first-order valence-corrected chi connectivity index (χ1v) is 10.4. The van der Waals surface area contributed by atoms with Gasteiger partial charge in [0, 0.05) is 27.1 Å². The van der Waals surface area contributed by atoms with E-state index in [0.717, 1.165) is 25.9 Å². The highest BCUT2D eigenvalue weighted by molar-refractivity contribution is 7.22. The molecule has 0 bridgehead atoms. The molecule has 0 aliphatic rings. The number of nitrogens with one attached hydrogen (secondary N) is 1. The SMILES string of the molecule is Cc1cc(C)c2nc(NC(=O)CCCn3cnc4c3c(=O)n(C)c(=O)n4C)sc2c1. The second-order valence-electron chi connectivity index (χ2n) is 7.42. The smallest absolute Gasteiger partial charge is 0.325 e. The van der Waals surface area contributed by atoms with Crippen LogP contribution >= 0.6 is 11.3 Å². The molecule has 4 aromatic rings. The minimum Gasteiger partial charge on any atom is -0.325 e. The van der Waals surface area contributed by atoms with E-state index in [9.17, 15) is 14.4 Å². The molecule has 1 amide bonds. The van der Waals surface area contributed by atoms with Crippen molar-refractivity contribution in [1.82, 2.24) is 23.7 Å². The molecule has 0 aliphatic heterocycles. The molecule has 1 aromatic carbocycles. The van der Waals surface area contributed by atoms with Crippen LogP contribution in [0.3, 0.4) is 0 Å². The van der Waals surface area contributed by atoms with Crippen LogP contribution in [-0.4, -0.2) is 29.6 Å². The summed E-state index contributed by atoms with van der Waals surface area (Å²) in [6.45, 7) is 4.49. The Bertz CT molecular complexity index is 1410. The highest BCUT2D eigenvalue weighted by atomic mass is 32.1. The third-order valence-electron chi connectivity index (χ3n) is 5.10. The van der Waals surface area contributed by atoms with Gasteiger partial charge in [0.05, 0.1) is 16.5 Å². The van der Waals surface area contributed by atoms with Gasteiger partial charge in [-0.3, -0.25) is 18.7 Å². The molecule has 9 nitrogen and oxygen atoms in total. The lowest BCUT2D eigenvalue weighted by Gasteiger charge is -2.06. The first-order valence-electron chi connectivity index (χ1n) is 9.54. The minimum absolute atomic E-state index is 0.131. The van der Waals surface area contributed by atoms with Gasteiger partial charge < -0.3 is 9.88 Å². The van der Waals surface area contributed by atoms with Crippen LogP contribution in [0.4, 0.5) is 5.13 Å². The van der Waals surface area contributed by atoms with Crippen LogP contribution in [0.25, 0.3) is 21.4 Å². The minimum atomic E-state index is -0.418. The Morgan fingerprint density at radius 3 is 2.70 bits per heavy atom. The van der Waals surface area contributed by atoms with E-state index in [1.807, 2.05) is 13.8 Å². The molecule has 0 fully saturated rings. The molecule has 0 saturated carbocycles. The lowest BCUT2D eigenvalue weighted by atomic mass is 10.1. The molecular formula is C20H22N6O3S. The first-order chi connectivity index (χ1) is 14.3. The van der Waals surface area contributed by atoms with Crippen molar-refractivity contribution >= 4 is 43.8 Å². The van der Waals surface area contributed by atoms with Gasteiger partial charge in [0.1, 0.15) is 0 Å². The number of rotatable bonds is 5. The van der Waals surface area contributed by atoms with Crippen LogP contribution < -0.4 is 16.6 Å². The van der Waals surface area contributed by atoms with Crippen molar-refractivity contribution in [1.29, 1.82) is 0 Å². The maximum absolute atomic E-state index is 12.5. The second-order valence-corrected chi connectivity index (χ2v) is 8.45. The number of nitrogens with zero attached hydrogens (tertiary/aromatic N) is 5. The summed E-state index contributed by atoms with van der Waals surface area (Å²) in [5.41, 5.74) is 3.05. The van der Waals surface area contributed by atoms with Gasteiger partial charge >= 0.3 is 5.69 Å². The molecular weight excluding hydrogens is 404 g/mol. The molecule has 0 spiro atoms. The molecule has 0 radical (unpaired) electrons. The molecule has 156 valence electrons. The molecule has 1 N–H and O–H groups in total. The van der Waals surface area contributed by atoms with Gasteiger partial charge in [-0.05, 0) is 37.5 Å². The third-order valence-corrected chi connectivity index (χ3v) is 6.01. The number of aryl methyl sites for hydroxylation is 4. The fraction of sp³-hybridized carbons (Fsp3) is 0.350. The number of aromatic nitrogens is 5. The van der Waals surface area contributed by atoms with E-state index in [2.05, 4.69) is 27.4 Å². The van der Waals surface area contributed by atoms with Crippen LogP contribution in [-0.2, 0) is 25.4 Å². The molecule has 3 aromatic heterocycles. The normalized spacial score (nSPS) is 11.5. The van der Waals surface area contributed by atoms with Gasteiger partial charge in [-0.25, -0.2) is 14.8 Å². The van der Waals surface area contributed by atoms with E-state index in [1.54, 1.807) is 11.6 Å². The van der Waals surface area contributed by atoms with Crippen LogP contribution in [0.5, 0.6) is 0 Å². The Morgan fingerprint density at radius 2 is 1.93 bits per heavy atom. The van der Waals surface area contributed by atoms with Crippen molar-refractivity contribution in [3.05, 3.63) is 50.4 Å². The highest BCUT2D eigenvalue weighted by Gasteiger charge is 2.15. The summed E-state index contributed by atoms with van der Waals surface area (Å²) in [5, 5.41) is 3.45. The molecule has 4 rings (SSSR count). The highest BCUT2D eigenvalue weighted by Crippen LogP contribution is 2.29. The van der Waals surface area contributed by atoms with Crippen molar-refractivity contribution in [2.45, 2.75) is 33.2 Å². The molecule has 10 heteroatoms. The number of fused-ring (bicyclic) bond motifs is 2. The first kappa shape index (κ1) is 20.0. The van der Waals surface area contributed by atoms with E-state index < -0.39 is 11.2 Å². The number of thiazole rings is 1. The average molecular weight is 427 g/mol. The third kappa shape index (κ3) is 3.43. The molecule has 30 heavy (non-hydrogen) atoms. The summed E-state index contributed by atoms with van der Waals surface area (Å²) in [6.07, 6.45) is 2.33. The van der Waals surface area contributed by atoms with Crippen molar-refractivity contribution in [2.24, 2.45) is 14.1 Å². The zero-order valence-corrected chi connectivity index (χ0v) is 18.0. The average Bonchev–Trinajstić information content (AvgIpc) is 3.29. The zero-order chi connectivity index (χ0) is 21.6. The largest absolute Gasteiger partial charge is 0.332 e. The summed E-state index contributed by atoms with van der Waals surface area (Å²) < 4.78 is 5.14. The maximum Gasteiger partial charge on any atom is 0.332 e. The summed E-state index contributed by atoms with van der Waals surface area (Å²) in [5.74, 6) is -0.131. The van der Waals surface area contributed by atoms with Crippen LogP contribution in [0.1, 0.15) is 24.0 Å². The summed E-state index contributed by atoms with van der Waals surface area (Å²) >= 11 is 1.46. The number of benzene rings is 1. The van der Waals surface area contributed by atoms with Crippen molar-refractivity contribution in [3.63, 3.8) is 0 Å².